The third kappa shape index (κ3) is 2.37. The van der Waals surface area contributed by atoms with Crippen LogP contribution in [-0.2, 0) is 19.0 Å². The molecule has 1 aliphatic carbocycles. The van der Waals surface area contributed by atoms with Gasteiger partial charge in [0, 0.05) is 12.5 Å². The summed E-state index contributed by atoms with van der Waals surface area (Å²) < 4.78 is 15.7. The van der Waals surface area contributed by atoms with E-state index in [0.29, 0.717) is 19.4 Å². The Morgan fingerprint density at radius 3 is 2.35 bits per heavy atom. The molecule has 1 aliphatic heterocycles. The maximum atomic E-state index is 12.1. The van der Waals surface area contributed by atoms with Gasteiger partial charge in [-0.3, -0.25) is 4.90 Å². The molecule has 0 unspecified atom stereocenters. The Labute approximate surface area is 119 Å². The van der Waals surface area contributed by atoms with Crippen molar-refractivity contribution in [2.45, 2.75) is 50.9 Å². The van der Waals surface area contributed by atoms with Crippen LogP contribution in [0.2, 0.25) is 0 Å². The fourth-order valence-corrected chi connectivity index (χ4v) is 3.16. The van der Waals surface area contributed by atoms with Crippen LogP contribution < -0.4 is 0 Å². The predicted octanol–water partition coefficient (Wildman–Crippen LogP) is 1.57. The Hall–Kier alpha value is -1.30. The highest BCUT2D eigenvalue weighted by Crippen LogP contribution is 2.56. The Kier molecular flexibility index (Phi) is 3.71. The van der Waals surface area contributed by atoms with Gasteiger partial charge in [0.05, 0.1) is 25.9 Å². The number of carbonyl (C=O) groups is 2. The number of ether oxygens (including phenoxy) is 3. The lowest BCUT2D eigenvalue weighted by atomic mass is 9.99. The third-order valence-corrected chi connectivity index (χ3v) is 3.99. The molecule has 1 saturated heterocycles. The summed E-state index contributed by atoms with van der Waals surface area (Å²) in [5.41, 5.74) is -1.17. The highest BCUT2D eigenvalue weighted by Gasteiger charge is 2.71. The van der Waals surface area contributed by atoms with E-state index in [1.807, 2.05) is 20.8 Å². The average molecular weight is 285 g/mol. The van der Waals surface area contributed by atoms with Crippen molar-refractivity contribution in [3.05, 3.63) is 0 Å². The van der Waals surface area contributed by atoms with Crippen LogP contribution in [0, 0.1) is 5.92 Å². The van der Waals surface area contributed by atoms with Crippen molar-refractivity contribution < 1.29 is 23.8 Å². The summed E-state index contributed by atoms with van der Waals surface area (Å²) in [7, 11) is 2.67. The number of hydrogen-bond donors (Lipinski definition) is 0. The molecular weight excluding hydrogens is 262 g/mol. The molecule has 0 aromatic heterocycles. The lowest BCUT2D eigenvalue weighted by molar-refractivity contribution is -0.155. The van der Waals surface area contributed by atoms with Gasteiger partial charge in [-0.25, -0.2) is 9.59 Å². The van der Waals surface area contributed by atoms with E-state index in [9.17, 15) is 9.59 Å². The fourth-order valence-electron chi connectivity index (χ4n) is 3.16. The molecule has 0 radical (unpaired) electrons. The molecule has 1 heterocycles. The third-order valence-electron chi connectivity index (χ3n) is 3.99. The molecule has 1 saturated carbocycles. The second-order valence-corrected chi connectivity index (χ2v) is 6.41. The average Bonchev–Trinajstić information content (AvgIpc) is 3.12. The quantitative estimate of drug-likeness (QED) is 0.721. The zero-order valence-corrected chi connectivity index (χ0v) is 12.8. The van der Waals surface area contributed by atoms with Crippen LogP contribution in [0.3, 0.4) is 0 Å². The summed E-state index contributed by atoms with van der Waals surface area (Å²) >= 11 is 0. The maximum absolute atomic E-state index is 12.1. The van der Waals surface area contributed by atoms with Crippen LogP contribution in [0.4, 0.5) is 4.79 Å². The zero-order chi connectivity index (χ0) is 15.1. The zero-order valence-electron chi connectivity index (χ0n) is 12.8. The minimum Gasteiger partial charge on any atom is -0.467 e. The molecule has 114 valence electrons. The monoisotopic (exact) mass is 285 g/mol. The Balaban J connectivity index is 2.20. The summed E-state index contributed by atoms with van der Waals surface area (Å²) in [6.45, 7) is 6.41. The molecule has 3 atom stereocenters. The fraction of sp³-hybridized carbons (Fsp3) is 0.857. The van der Waals surface area contributed by atoms with Gasteiger partial charge in [-0.1, -0.05) is 0 Å². The van der Waals surface area contributed by atoms with Crippen LogP contribution in [0.15, 0.2) is 0 Å². The molecule has 6 nitrogen and oxygen atoms in total. The van der Waals surface area contributed by atoms with E-state index in [2.05, 4.69) is 0 Å². The Morgan fingerprint density at radius 2 is 1.85 bits per heavy atom. The Morgan fingerprint density at radius 1 is 1.20 bits per heavy atom. The molecular formula is C14H23NO5. The largest absolute Gasteiger partial charge is 0.467 e. The first-order valence-electron chi connectivity index (χ1n) is 6.88. The molecule has 2 fully saturated rings. The van der Waals surface area contributed by atoms with Crippen LogP contribution in [-0.4, -0.2) is 55.0 Å². The molecule has 2 aliphatic rings. The first-order chi connectivity index (χ1) is 9.26. The van der Waals surface area contributed by atoms with Crippen LogP contribution in [0.5, 0.6) is 0 Å². The minimum atomic E-state index is -0.893. The molecule has 0 aromatic carbocycles. The molecule has 2 rings (SSSR count). The van der Waals surface area contributed by atoms with Gasteiger partial charge in [0.15, 0.2) is 0 Å². The van der Waals surface area contributed by atoms with Crippen molar-refractivity contribution in [3.8, 4) is 0 Å². The summed E-state index contributed by atoms with van der Waals surface area (Å²) in [5, 5.41) is 0. The molecule has 0 spiro atoms. The van der Waals surface area contributed by atoms with Crippen molar-refractivity contribution in [1.82, 2.24) is 4.90 Å². The SMILES string of the molecule is COC(=O)N1CC[C@@H](OC(C)(C)C)[C@@H]2C[C@@]21C(=O)OC. The number of methoxy groups -OCH3 is 2. The molecule has 20 heavy (non-hydrogen) atoms. The second kappa shape index (κ2) is 4.91. The number of carbonyl (C=O) groups excluding carboxylic acids is 2. The van der Waals surface area contributed by atoms with Gasteiger partial charge in [0.2, 0.25) is 0 Å². The number of amides is 1. The maximum Gasteiger partial charge on any atom is 0.410 e. The van der Waals surface area contributed by atoms with Crippen LogP contribution in [0.1, 0.15) is 33.6 Å². The summed E-state index contributed by atoms with van der Waals surface area (Å²) in [6.07, 6.45) is 0.771. The van der Waals surface area contributed by atoms with Crippen LogP contribution in [0.25, 0.3) is 0 Å². The first kappa shape index (κ1) is 15.1. The molecule has 0 N–H and O–H groups in total. The van der Waals surface area contributed by atoms with Gasteiger partial charge < -0.3 is 14.2 Å². The number of likely N-dealkylation sites (tertiary alicyclic amines) is 1. The molecule has 6 heteroatoms. The number of esters is 1. The topological polar surface area (TPSA) is 65.1 Å². The second-order valence-electron chi connectivity index (χ2n) is 6.41. The minimum absolute atomic E-state index is 0.0120. The highest BCUT2D eigenvalue weighted by molar-refractivity contribution is 5.90. The van der Waals surface area contributed by atoms with E-state index in [1.54, 1.807) is 0 Å². The highest BCUT2D eigenvalue weighted by atomic mass is 16.6. The van der Waals surface area contributed by atoms with Gasteiger partial charge in [-0.15, -0.1) is 0 Å². The molecule has 1 amide bonds. The number of piperidine rings is 1. The van der Waals surface area contributed by atoms with E-state index in [1.165, 1.54) is 19.1 Å². The number of fused-ring (bicyclic) bond motifs is 1. The number of nitrogens with zero attached hydrogens (tertiary/aromatic N) is 1. The van der Waals surface area contributed by atoms with Gasteiger partial charge in [-0.05, 0) is 33.6 Å². The number of rotatable bonds is 2. The normalized spacial score (nSPS) is 32.4. The van der Waals surface area contributed by atoms with Gasteiger partial charge >= 0.3 is 12.1 Å². The summed E-state index contributed by atoms with van der Waals surface area (Å²) in [5.74, 6) is -0.392. The predicted molar refractivity (Wildman–Crippen MR) is 71.2 cm³/mol. The van der Waals surface area contributed by atoms with E-state index in [-0.39, 0.29) is 23.6 Å². The van der Waals surface area contributed by atoms with Crippen molar-refractivity contribution in [2.75, 3.05) is 20.8 Å². The van der Waals surface area contributed by atoms with Gasteiger partial charge in [-0.2, -0.15) is 0 Å². The van der Waals surface area contributed by atoms with Gasteiger partial charge in [0.1, 0.15) is 5.54 Å². The van der Waals surface area contributed by atoms with Gasteiger partial charge in [0.25, 0.3) is 0 Å². The number of hydrogen-bond acceptors (Lipinski definition) is 5. The molecule has 0 bridgehead atoms. The standard InChI is InChI=1S/C14H23NO5/c1-13(2,3)20-10-6-7-15(12(17)19-5)14(8-9(10)14)11(16)18-4/h9-10H,6-8H2,1-5H3/t9-,10+,14-/m0/s1. The van der Waals surface area contributed by atoms with E-state index in [4.69, 9.17) is 14.2 Å². The van der Waals surface area contributed by atoms with Crippen molar-refractivity contribution >= 4 is 12.1 Å². The van der Waals surface area contributed by atoms with E-state index >= 15 is 0 Å². The Bertz CT molecular complexity index is 416. The van der Waals surface area contributed by atoms with Crippen LogP contribution >= 0.6 is 0 Å². The lowest BCUT2D eigenvalue weighted by Gasteiger charge is -2.38. The van der Waals surface area contributed by atoms with E-state index in [0.717, 1.165) is 0 Å². The lowest BCUT2D eigenvalue weighted by Crippen LogP contribution is -2.55. The first-order valence-corrected chi connectivity index (χ1v) is 6.88. The molecule has 0 aromatic rings. The van der Waals surface area contributed by atoms with Crippen molar-refractivity contribution in [1.29, 1.82) is 0 Å². The van der Waals surface area contributed by atoms with Crippen molar-refractivity contribution in [3.63, 3.8) is 0 Å². The van der Waals surface area contributed by atoms with E-state index < -0.39 is 11.6 Å². The smallest absolute Gasteiger partial charge is 0.410 e. The van der Waals surface area contributed by atoms with Crippen molar-refractivity contribution in [2.24, 2.45) is 5.92 Å². The summed E-state index contributed by atoms with van der Waals surface area (Å²) in [4.78, 5) is 25.5. The summed E-state index contributed by atoms with van der Waals surface area (Å²) in [6, 6.07) is 0.